The quantitative estimate of drug-likeness (QED) is 0.699. The SMILES string of the molecule is [CH3][Ga]1[CH2]CCN(c2ccccc2)CC[CH2]1. The molecule has 1 nitrogen and oxygen atoms in total. The van der Waals surface area contributed by atoms with Crippen LogP contribution in [0.1, 0.15) is 12.8 Å². The summed E-state index contributed by atoms with van der Waals surface area (Å²) >= 11 is -0.754. The van der Waals surface area contributed by atoms with Gasteiger partial charge in [0.1, 0.15) is 0 Å². The Morgan fingerprint density at radius 3 is 2.20 bits per heavy atom. The van der Waals surface area contributed by atoms with E-state index >= 15 is 0 Å². The topological polar surface area (TPSA) is 3.24 Å². The Morgan fingerprint density at radius 1 is 1.00 bits per heavy atom. The monoisotopic (exact) mass is 259 g/mol. The average molecular weight is 260 g/mol. The first kappa shape index (κ1) is 11.2. The molecule has 0 saturated carbocycles. The minimum absolute atomic E-state index is 0.754. The molecule has 1 aliphatic rings. The normalized spacial score (nSPS) is 18.5. The van der Waals surface area contributed by atoms with Gasteiger partial charge in [0.2, 0.25) is 0 Å². The molecule has 0 aliphatic carbocycles. The molecule has 0 radical (unpaired) electrons. The molecular weight excluding hydrogens is 240 g/mol. The maximum atomic E-state index is 2.57. The van der Waals surface area contributed by atoms with Gasteiger partial charge in [0.05, 0.1) is 0 Å². The fourth-order valence-electron chi connectivity index (χ4n) is 2.41. The van der Waals surface area contributed by atoms with E-state index in [-0.39, 0.29) is 0 Å². The number of hydrogen-bond acceptors (Lipinski definition) is 1. The van der Waals surface area contributed by atoms with Crippen LogP contribution in [0.15, 0.2) is 30.3 Å². The molecule has 2 rings (SSSR count). The molecule has 0 unspecified atom stereocenters. The summed E-state index contributed by atoms with van der Waals surface area (Å²) in [7, 11) is 0. The van der Waals surface area contributed by atoms with E-state index in [1.165, 1.54) is 31.6 Å². The van der Waals surface area contributed by atoms with Crippen molar-refractivity contribution in [2.24, 2.45) is 0 Å². The molecule has 1 aromatic rings. The van der Waals surface area contributed by atoms with Gasteiger partial charge in [-0.05, 0) is 0 Å². The van der Waals surface area contributed by atoms with E-state index in [0.29, 0.717) is 0 Å². The van der Waals surface area contributed by atoms with Crippen LogP contribution < -0.4 is 4.90 Å². The fraction of sp³-hybridized carbons (Fsp3) is 0.538. The van der Waals surface area contributed by atoms with Crippen molar-refractivity contribution in [3.05, 3.63) is 30.3 Å². The van der Waals surface area contributed by atoms with Crippen LogP contribution >= 0.6 is 0 Å². The van der Waals surface area contributed by atoms with Crippen molar-refractivity contribution < 1.29 is 0 Å². The summed E-state index contributed by atoms with van der Waals surface area (Å²) < 4.78 is 0. The Labute approximate surface area is 98.5 Å². The standard InChI is InChI=1S/C12H17N.CH3.Ga/c1-3-10-13(11-4-2)12-8-6-5-7-9-12;;/h5-9H,1-4,10-11H2;1H3;. The van der Waals surface area contributed by atoms with Gasteiger partial charge < -0.3 is 0 Å². The van der Waals surface area contributed by atoms with Crippen LogP contribution in [-0.2, 0) is 0 Å². The number of anilines is 1. The summed E-state index contributed by atoms with van der Waals surface area (Å²) in [6.45, 7) is 2.55. The molecule has 1 aliphatic heterocycles. The molecule has 0 spiro atoms. The van der Waals surface area contributed by atoms with Crippen molar-refractivity contribution in [1.82, 2.24) is 0 Å². The molecule has 1 saturated heterocycles. The van der Waals surface area contributed by atoms with Gasteiger partial charge in [0, 0.05) is 0 Å². The van der Waals surface area contributed by atoms with E-state index in [4.69, 9.17) is 0 Å². The van der Waals surface area contributed by atoms with Gasteiger partial charge in [0.15, 0.2) is 0 Å². The Bertz CT molecular complexity index is 276. The predicted molar refractivity (Wildman–Crippen MR) is 69.1 cm³/mol. The summed E-state index contributed by atoms with van der Waals surface area (Å²) in [4.78, 5) is 5.72. The summed E-state index contributed by atoms with van der Waals surface area (Å²) in [5, 5.41) is 0. The van der Waals surface area contributed by atoms with Gasteiger partial charge in [-0.2, -0.15) is 0 Å². The molecular formula is C13H20GaN. The zero-order chi connectivity index (χ0) is 10.5. The van der Waals surface area contributed by atoms with Crippen molar-refractivity contribution >= 4 is 21.9 Å². The maximum absolute atomic E-state index is 2.57. The first-order chi connectivity index (χ1) is 7.36. The number of para-hydroxylation sites is 1. The van der Waals surface area contributed by atoms with Gasteiger partial charge >= 0.3 is 98.5 Å². The Morgan fingerprint density at radius 2 is 1.60 bits per heavy atom. The number of rotatable bonds is 1. The summed E-state index contributed by atoms with van der Waals surface area (Å²) in [6.07, 6.45) is 2.85. The van der Waals surface area contributed by atoms with Crippen molar-refractivity contribution in [2.45, 2.75) is 28.3 Å². The van der Waals surface area contributed by atoms with Crippen LogP contribution in [0.5, 0.6) is 0 Å². The van der Waals surface area contributed by atoms with Crippen LogP contribution in [0.2, 0.25) is 15.4 Å². The average Bonchev–Trinajstić information content (AvgIpc) is 2.24. The van der Waals surface area contributed by atoms with Gasteiger partial charge in [-0.25, -0.2) is 0 Å². The van der Waals surface area contributed by atoms with Crippen molar-refractivity contribution in [2.75, 3.05) is 18.0 Å². The number of benzene rings is 1. The zero-order valence-electron chi connectivity index (χ0n) is 9.65. The van der Waals surface area contributed by atoms with Crippen molar-refractivity contribution in [3.8, 4) is 0 Å². The minimum atomic E-state index is -0.754. The first-order valence-corrected chi connectivity index (χ1v) is 12.0. The van der Waals surface area contributed by atoms with E-state index in [1.807, 2.05) is 0 Å². The molecule has 80 valence electrons. The Hall–Kier alpha value is -0.344. The second kappa shape index (κ2) is 5.66. The molecule has 0 aromatic heterocycles. The molecule has 0 bridgehead atoms. The number of hydrogen-bond donors (Lipinski definition) is 0. The zero-order valence-corrected chi connectivity index (χ0v) is 12.1. The van der Waals surface area contributed by atoms with E-state index in [1.54, 1.807) is 9.95 Å². The third-order valence-electron chi connectivity index (χ3n) is 3.37. The van der Waals surface area contributed by atoms with Crippen molar-refractivity contribution in [3.63, 3.8) is 0 Å². The third-order valence-corrected chi connectivity index (χ3v) is 9.22. The van der Waals surface area contributed by atoms with E-state index in [2.05, 4.69) is 40.7 Å². The summed E-state index contributed by atoms with van der Waals surface area (Å²) in [6, 6.07) is 10.9. The molecule has 1 fully saturated rings. The molecule has 0 N–H and O–H groups in total. The van der Waals surface area contributed by atoms with Gasteiger partial charge in [-0.3, -0.25) is 0 Å². The second-order valence-electron chi connectivity index (χ2n) is 4.71. The predicted octanol–water partition coefficient (Wildman–Crippen LogP) is 3.41. The van der Waals surface area contributed by atoms with Gasteiger partial charge in [0.25, 0.3) is 0 Å². The van der Waals surface area contributed by atoms with Crippen molar-refractivity contribution in [1.29, 1.82) is 0 Å². The van der Waals surface area contributed by atoms with E-state index in [9.17, 15) is 0 Å². The molecule has 1 heterocycles. The first-order valence-electron chi connectivity index (χ1n) is 6.16. The summed E-state index contributed by atoms with van der Waals surface area (Å²) in [5.41, 5.74) is 3.99. The molecule has 2 heteroatoms. The van der Waals surface area contributed by atoms with Crippen LogP contribution in [0.3, 0.4) is 0 Å². The summed E-state index contributed by atoms with van der Waals surface area (Å²) in [5.74, 6) is 0. The van der Waals surface area contributed by atoms with Gasteiger partial charge in [-0.1, -0.05) is 0 Å². The fourth-order valence-corrected chi connectivity index (χ4v) is 6.71. The van der Waals surface area contributed by atoms with Crippen LogP contribution in [0.4, 0.5) is 5.69 Å². The molecule has 0 amide bonds. The van der Waals surface area contributed by atoms with Crippen LogP contribution in [-0.4, -0.2) is 29.3 Å². The molecule has 15 heavy (non-hydrogen) atoms. The Balaban J connectivity index is 1.98. The van der Waals surface area contributed by atoms with Crippen LogP contribution in [0.25, 0.3) is 0 Å². The third kappa shape index (κ3) is 3.32. The van der Waals surface area contributed by atoms with E-state index in [0.717, 1.165) is 0 Å². The van der Waals surface area contributed by atoms with Gasteiger partial charge in [-0.15, -0.1) is 0 Å². The molecule has 1 aromatic carbocycles. The number of nitrogens with zero attached hydrogens (tertiary/aromatic N) is 1. The second-order valence-corrected chi connectivity index (χ2v) is 11.8. The van der Waals surface area contributed by atoms with E-state index < -0.39 is 16.2 Å². The van der Waals surface area contributed by atoms with Crippen LogP contribution in [0, 0.1) is 0 Å². The Kier molecular flexibility index (Phi) is 4.21. The molecule has 0 atom stereocenters.